The second kappa shape index (κ2) is 7.25. The van der Waals surface area contributed by atoms with Gasteiger partial charge in [0.15, 0.2) is 0 Å². The van der Waals surface area contributed by atoms with Gasteiger partial charge in [-0.1, -0.05) is 52.3 Å². The molecule has 0 spiro atoms. The molecule has 5 aliphatic rings. The van der Waals surface area contributed by atoms with Crippen LogP contribution in [-0.2, 0) is 0 Å². The second-order valence-electron chi connectivity index (χ2n) is 12.4. The van der Waals surface area contributed by atoms with E-state index in [-0.39, 0.29) is 5.54 Å². The van der Waals surface area contributed by atoms with Crippen molar-refractivity contribution >= 4 is 0 Å². The molecule has 5 rings (SSSR count). The summed E-state index contributed by atoms with van der Waals surface area (Å²) in [6.45, 7) is 15.9. The number of rotatable bonds is 0. The standard InChI is InChI=1S/C25H41N.C3H6/c1-17-7-5-12-22(2)18(17)11-14-24(4)21(22)10-9-19-20-8-6-13-25(20,26)16-15-23(19,24)3;1-3-2/h5,7,17-21H,6,8-16,26H2,1-4H3;3H,1H2,2H3/t17?,18?,19?,20?,21?,22?,23-,24?,25?;/m1./s1. The van der Waals surface area contributed by atoms with Gasteiger partial charge in [-0.15, -0.1) is 6.58 Å². The summed E-state index contributed by atoms with van der Waals surface area (Å²) < 4.78 is 0. The highest BCUT2D eigenvalue weighted by molar-refractivity contribution is 5.20. The van der Waals surface area contributed by atoms with Gasteiger partial charge in [0.25, 0.3) is 0 Å². The lowest BCUT2D eigenvalue weighted by Crippen LogP contribution is -2.66. The Balaban J connectivity index is 0.000000645. The second-order valence-corrected chi connectivity index (χ2v) is 12.4. The Morgan fingerprint density at radius 1 is 0.897 bits per heavy atom. The van der Waals surface area contributed by atoms with Gasteiger partial charge in [0.05, 0.1) is 0 Å². The van der Waals surface area contributed by atoms with E-state index < -0.39 is 0 Å². The van der Waals surface area contributed by atoms with Crippen LogP contribution in [0.3, 0.4) is 0 Å². The molecule has 1 heteroatoms. The molecular weight excluding hydrogens is 350 g/mol. The molecule has 0 aromatic carbocycles. The SMILES string of the molecule is C=CC.CC1C=CCC2(C)C1CCC1(C)C2CCC2C3CCCC3(N)CC[C@]21C. The van der Waals surface area contributed by atoms with Gasteiger partial charge >= 0.3 is 0 Å². The molecule has 4 fully saturated rings. The number of allylic oxidation sites excluding steroid dienone is 3. The molecule has 2 N–H and O–H groups in total. The summed E-state index contributed by atoms with van der Waals surface area (Å²) in [4.78, 5) is 0. The summed E-state index contributed by atoms with van der Waals surface area (Å²) in [5.74, 6) is 4.31. The molecular formula is C28H47N. The van der Waals surface area contributed by atoms with Gasteiger partial charge in [0.1, 0.15) is 0 Å². The number of hydrogen-bond acceptors (Lipinski definition) is 1. The maximum absolute atomic E-state index is 6.98. The van der Waals surface area contributed by atoms with Gasteiger partial charge in [-0.2, -0.15) is 0 Å². The van der Waals surface area contributed by atoms with Crippen molar-refractivity contribution in [3.63, 3.8) is 0 Å². The summed E-state index contributed by atoms with van der Waals surface area (Å²) >= 11 is 0. The van der Waals surface area contributed by atoms with Crippen LogP contribution in [0.4, 0.5) is 0 Å². The van der Waals surface area contributed by atoms with E-state index in [0.29, 0.717) is 16.2 Å². The van der Waals surface area contributed by atoms with Crippen LogP contribution in [-0.4, -0.2) is 5.54 Å². The first kappa shape index (κ1) is 21.7. The highest BCUT2D eigenvalue weighted by Crippen LogP contribution is 2.74. The fourth-order valence-corrected chi connectivity index (χ4v) is 9.84. The Bertz CT molecular complexity index is 665. The summed E-state index contributed by atoms with van der Waals surface area (Å²) in [6.07, 6.45) is 20.8. The van der Waals surface area contributed by atoms with Crippen LogP contribution in [0.2, 0.25) is 0 Å². The quantitative estimate of drug-likeness (QED) is 0.420. The van der Waals surface area contributed by atoms with Crippen molar-refractivity contribution in [2.75, 3.05) is 0 Å². The van der Waals surface area contributed by atoms with E-state index in [1.54, 1.807) is 6.08 Å². The Kier molecular flexibility index (Phi) is 5.42. The molecule has 4 saturated carbocycles. The third-order valence-electron chi connectivity index (χ3n) is 11.4. The summed E-state index contributed by atoms with van der Waals surface area (Å²) in [6, 6.07) is 0. The van der Waals surface area contributed by atoms with Gasteiger partial charge in [0.2, 0.25) is 0 Å². The predicted molar refractivity (Wildman–Crippen MR) is 126 cm³/mol. The van der Waals surface area contributed by atoms with Crippen LogP contribution in [0.15, 0.2) is 24.8 Å². The summed E-state index contributed by atoms with van der Waals surface area (Å²) in [7, 11) is 0. The van der Waals surface area contributed by atoms with Gasteiger partial charge in [0, 0.05) is 5.54 Å². The van der Waals surface area contributed by atoms with Crippen molar-refractivity contribution in [3.8, 4) is 0 Å². The molecule has 0 radical (unpaired) electrons. The average Bonchev–Trinajstić information content (AvgIpc) is 3.05. The third kappa shape index (κ3) is 2.89. The summed E-state index contributed by atoms with van der Waals surface area (Å²) in [5.41, 5.74) is 8.75. The number of hydrogen-bond donors (Lipinski definition) is 1. The lowest BCUT2D eigenvalue weighted by molar-refractivity contribution is -0.210. The van der Waals surface area contributed by atoms with Crippen LogP contribution in [0.5, 0.6) is 0 Å². The lowest BCUT2D eigenvalue weighted by Gasteiger charge is -2.71. The number of fused-ring (bicyclic) bond motifs is 7. The van der Waals surface area contributed by atoms with Crippen LogP contribution < -0.4 is 5.73 Å². The molecule has 0 saturated heterocycles. The molecule has 1 nitrogen and oxygen atoms in total. The minimum atomic E-state index is 0.191. The lowest BCUT2D eigenvalue weighted by atomic mass is 9.34. The van der Waals surface area contributed by atoms with E-state index in [4.69, 9.17) is 5.73 Å². The van der Waals surface area contributed by atoms with Gasteiger partial charge < -0.3 is 5.73 Å². The highest BCUT2D eigenvalue weighted by Gasteiger charge is 2.67. The maximum atomic E-state index is 6.98. The van der Waals surface area contributed by atoms with Crippen LogP contribution in [0.25, 0.3) is 0 Å². The normalized spacial score (nSPS) is 55.4. The molecule has 0 amide bonds. The first-order chi connectivity index (χ1) is 13.7. The summed E-state index contributed by atoms with van der Waals surface area (Å²) in [5, 5.41) is 0. The Morgan fingerprint density at radius 3 is 2.34 bits per heavy atom. The van der Waals surface area contributed by atoms with Crippen molar-refractivity contribution in [1.29, 1.82) is 0 Å². The van der Waals surface area contributed by atoms with Crippen molar-refractivity contribution < 1.29 is 0 Å². The molecule has 0 aliphatic heterocycles. The van der Waals surface area contributed by atoms with Crippen molar-refractivity contribution in [2.45, 2.75) is 104 Å². The molecule has 9 atom stereocenters. The molecule has 164 valence electrons. The molecule has 0 aromatic rings. The topological polar surface area (TPSA) is 26.0 Å². The monoisotopic (exact) mass is 397 g/mol. The molecule has 0 aromatic heterocycles. The Morgan fingerprint density at radius 2 is 1.62 bits per heavy atom. The Hall–Kier alpha value is -0.560. The third-order valence-corrected chi connectivity index (χ3v) is 11.4. The minimum absolute atomic E-state index is 0.191. The molecule has 5 aliphatic carbocycles. The fraction of sp³-hybridized carbons (Fsp3) is 0.857. The van der Waals surface area contributed by atoms with Crippen molar-refractivity contribution in [3.05, 3.63) is 24.8 Å². The highest BCUT2D eigenvalue weighted by atomic mass is 14.8. The fourth-order valence-electron chi connectivity index (χ4n) is 9.84. The van der Waals surface area contributed by atoms with Gasteiger partial charge in [-0.05, 0) is 111 Å². The van der Waals surface area contributed by atoms with E-state index >= 15 is 0 Å². The van der Waals surface area contributed by atoms with Crippen LogP contribution >= 0.6 is 0 Å². The number of nitrogens with two attached hydrogens (primary N) is 1. The molecule has 0 heterocycles. The zero-order valence-corrected chi connectivity index (χ0v) is 20.0. The largest absolute Gasteiger partial charge is 0.325 e. The van der Waals surface area contributed by atoms with Crippen molar-refractivity contribution in [2.24, 2.45) is 51.6 Å². The van der Waals surface area contributed by atoms with E-state index in [1.165, 1.54) is 64.2 Å². The van der Waals surface area contributed by atoms with Crippen molar-refractivity contribution in [1.82, 2.24) is 0 Å². The van der Waals surface area contributed by atoms with Crippen LogP contribution in [0.1, 0.15) is 98.8 Å². The maximum Gasteiger partial charge on any atom is 0.0185 e. The molecule has 8 unspecified atom stereocenters. The first-order valence-electron chi connectivity index (χ1n) is 12.7. The zero-order valence-electron chi connectivity index (χ0n) is 20.0. The molecule has 0 bridgehead atoms. The Labute approximate surface area is 181 Å². The van der Waals surface area contributed by atoms with Gasteiger partial charge in [-0.3, -0.25) is 0 Å². The minimum Gasteiger partial charge on any atom is -0.325 e. The van der Waals surface area contributed by atoms with Gasteiger partial charge in [-0.25, -0.2) is 0 Å². The zero-order chi connectivity index (χ0) is 21.1. The smallest absolute Gasteiger partial charge is 0.0185 e. The predicted octanol–water partition coefficient (Wildman–Crippen LogP) is 7.52. The first-order valence-corrected chi connectivity index (χ1v) is 12.7. The molecule has 29 heavy (non-hydrogen) atoms. The van der Waals surface area contributed by atoms with E-state index in [9.17, 15) is 0 Å². The van der Waals surface area contributed by atoms with Crippen LogP contribution in [0, 0.1) is 45.8 Å². The van der Waals surface area contributed by atoms with E-state index in [1.807, 2.05) is 6.92 Å². The average molecular weight is 398 g/mol. The van der Waals surface area contributed by atoms with E-state index in [0.717, 1.165) is 29.6 Å². The van der Waals surface area contributed by atoms with E-state index in [2.05, 4.69) is 46.4 Å².